The van der Waals surface area contributed by atoms with Crippen LogP contribution in [0.15, 0.2) is 55.3 Å². The second-order valence-corrected chi connectivity index (χ2v) is 8.63. The van der Waals surface area contributed by atoms with Crippen molar-refractivity contribution in [3.05, 3.63) is 60.8 Å². The lowest BCUT2D eigenvalue weighted by molar-refractivity contribution is -0.137. The predicted octanol–water partition coefficient (Wildman–Crippen LogP) is 6.66. The largest absolute Gasteiger partial charge is 0.492 e. The molecule has 1 aliphatic rings. The van der Waals surface area contributed by atoms with Gasteiger partial charge in [0, 0.05) is 11.6 Å². The van der Waals surface area contributed by atoms with Crippen LogP contribution in [0.4, 0.5) is 0 Å². The summed E-state index contributed by atoms with van der Waals surface area (Å²) in [4.78, 5) is 15.5. The van der Waals surface area contributed by atoms with E-state index in [0.717, 1.165) is 49.1 Å². The van der Waals surface area contributed by atoms with E-state index >= 15 is 0 Å². The van der Waals surface area contributed by atoms with Crippen LogP contribution in [0.1, 0.15) is 69.8 Å². The third-order valence-electron chi connectivity index (χ3n) is 5.99. The Labute approximate surface area is 198 Å². The molecule has 0 unspecified atom stereocenters. The number of ether oxygens (including phenoxy) is 3. The number of hydrogen-bond donors (Lipinski definition) is 0. The zero-order chi connectivity index (χ0) is 23.1. The van der Waals surface area contributed by atoms with Gasteiger partial charge in [0.1, 0.15) is 5.75 Å². The van der Waals surface area contributed by atoms with Gasteiger partial charge in [-0.15, -0.1) is 0 Å². The fourth-order valence-electron chi connectivity index (χ4n) is 4.01. The van der Waals surface area contributed by atoms with Crippen molar-refractivity contribution in [3.63, 3.8) is 0 Å². The average molecular weight is 452 g/mol. The minimum atomic E-state index is -0.348. The summed E-state index contributed by atoms with van der Waals surface area (Å²) in [5.41, 5.74) is 3.25. The molecule has 1 aromatic carbocycles. The second kappa shape index (κ2) is 14.5. The van der Waals surface area contributed by atoms with Gasteiger partial charge >= 0.3 is 5.97 Å². The first kappa shape index (κ1) is 25.0. The number of unbranched alkanes of at least 4 members (excludes halogenated alkanes) is 4. The third kappa shape index (κ3) is 9.39. The number of benzene rings is 1. The van der Waals surface area contributed by atoms with Gasteiger partial charge in [-0.3, -0.25) is 4.98 Å². The van der Waals surface area contributed by atoms with Crippen LogP contribution in [0.2, 0.25) is 0 Å². The zero-order valence-corrected chi connectivity index (χ0v) is 19.7. The van der Waals surface area contributed by atoms with E-state index in [-0.39, 0.29) is 5.97 Å². The summed E-state index contributed by atoms with van der Waals surface area (Å²) < 4.78 is 16.9. The Morgan fingerprint density at radius 2 is 1.67 bits per heavy atom. The van der Waals surface area contributed by atoms with Gasteiger partial charge in [0.05, 0.1) is 37.8 Å². The van der Waals surface area contributed by atoms with Gasteiger partial charge < -0.3 is 14.2 Å². The lowest BCUT2D eigenvalue weighted by Gasteiger charge is -2.22. The summed E-state index contributed by atoms with van der Waals surface area (Å²) in [7, 11) is 0. The molecule has 1 heterocycles. The molecule has 1 aliphatic carbocycles. The molecule has 0 spiro atoms. The van der Waals surface area contributed by atoms with E-state index < -0.39 is 0 Å². The van der Waals surface area contributed by atoms with Crippen molar-refractivity contribution in [2.24, 2.45) is 0 Å². The highest BCUT2D eigenvalue weighted by molar-refractivity contribution is 5.81. The van der Waals surface area contributed by atoms with Crippen molar-refractivity contribution in [1.29, 1.82) is 0 Å². The Balaban J connectivity index is 1.30. The molecular formula is C28H37NO4. The van der Waals surface area contributed by atoms with Crippen LogP contribution in [0, 0.1) is 0 Å². The highest BCUT2D eigenvalue weighted by atomic mass is 16.5. The molecule has 3 rings (SSSR count). The molecule has 178 valence electrons. The summed E-state index contributed by atoms with van der Waals surface area (Å²) in [6.45, 7) is 5.22. The number of aromatic nitrogens is 1. The lowest BCUT2D eigenvalue weighted by atomic mass is 9.98. The molecule has 2 aromatic rings. The molecule has 0 radical (unpaired) electrons. The number of nitrogens with zero attached hydrogens (tertiary/aromatic N) is 1. The first-order valence-electron chi connectivity index (χ1n) is 12.3. The van der Waals surface area contributed by atoms with Gasteiger partial charge in [0.15, 0.2) is 0 Å². The maximum atomic E-state index is 10.9. The van der Waals surface area contributed by atoms with Crippen molar-refractivity contribution < 1.29 is 19.0 Å². The minimum absolute atomic E-state index is 0.348. The summed E-state index contributed by atoms with van der Waals surface area (Å²) in [6, 6.07) is 12.5. The Morgan fingerprint density at radius 3 is 2.36 bits per heavy atom. The molecule has 33 heavy (non-hydrogen) atoms. The van der Waals surface area contributed by atoms with E-state index in [1.165, 1.54) is 43.7 Å². The van der Waals surface area contributed by atoms with E-state index in [1.54, 1.807) is 6.20 Å². The molecule has 1 saturated carbocycles. The maximum Gasteiger partial charge on any atom is 0.330 e. The van der Waals surface area contributed by atoms with Gasteiger partial charge in [-0.2, -0.15) is 0 Å². The average Bonchev–Trinajstić information content (AvgIpc) is 2.87. The topological polar surface area (TPSA) is 57.7 Å². The quantitative estimate of drug-likeness (QED) is 0.183. The Bertz CT molecular complexity index is 826. The zero-order valence-electron chi connectivity index (χ0n) is 19.7. The second-order valence-electron chi connectivity index (χ2n) is 8.63. The first-order chi connectivity index (χ1) is 16.2. The fraction of sp³-hybridized carbons (Fsp3) is 0.500. The van der Waals surface area contributed by atoms with Crippen LogP contribution in [0.5, 0.6) is 5.75 Å². The number of carbonyl (C=O) groups is 1. The van der Waals surface area contributed by atoms with Gasteiger partial charge in [-0.05, 0) is 43.4 Å². The molecule has 0 amide bonds. The normalized spacial score (nSPS) is 14.1. The monoisotopic (exact) mass is 451 g/mol. The summed E-state index contributed by atoms with van der Waals surface area (Å²) >= 11 is 0. The third-order valence-corrected chi connectivity index (χ3v) is 5.99. The molecular weight excluding hydrogens is 414 g/mol. The van der Waals surface area contributed by atoms with E-state index in [1.807, 2.05) is 12.1 Å². The number of rotatable bonds is 14. The molecule has 5 nitrogen and oxygen atoms in total. The van der Waals surface area contributed by atoms with Crippen LogP contribution >= 0.6 is 0 Å². The molecule has 1 fully saturated rings. The molecule has 5 heteroatoms. The van der Waals surface area contributed by atoms with Crippen molar-refractivity contribution >= 4 is 5.97 Å². The highest BCUT2D eigenvalue weighted by Gasteiger charge is 2.13. The van der Waals surface area contributed by atoms with Crippen LogP contribution in [-0.2, 0) is 20.9 Å². The Kier molecular flexibility index (Phi) is 11.0. The van der Waals surface area contributed by atoms with Crippen LogP contribution in [0.25, 0.3) is 11.3 Å². The number of pyridine rings is 1. The predicted molar refractivity (Wildman–Crippen MR) is 131 cm³/mol. The van der Waals surface area contributed by atoms with Crippen molar-refractivity contribution in [2.45, 2.75) is 76.9 Å². The van der Waals surface area contributed by atoms with E-state index in [9.17, 15) is 4.79 Å². The molecule has 0 saturated heterocycles. The molecule has 0 N–H and O–H groups in total. The molecule has 0 bridgehead atoms. The molecule has 0 aliphatic heterocycles. The van der Waals surface area contributed by atoms with Crippen molar-refractivity contribution in [2.75, 3.05) is 13.2 Å². The van der Waals surface area contributed by atoms with Gasteiger partial charge in [-0.25, -0.2) is 4.79 Å². The Hall–Kier alpha value is -2.66. The van der Waals surface area contributed by atoms with Crippen molar-refractivity contribution in [3.8, 4) is 17.0 Å². The van der Waals surface area contributed by atoms with Crippen molar-refractivity contribution in [1.82, 2.24) is 4.98 Å². The van der Waals surface area contributed by atoms with Gasteiger partial charge in [-0.1, -0.05) is 69.4 Å². The van der Waals surface area contributed by atoms with Crippen LogP contribution in [-0.4, -0.2) is 30.3 Å². The number of hydrogen-bond acceptors (Lipinski definition) is 5. The van der Waals surface area contributed by atoms with Crippen LogP contribution < -0.4 is 4.74 Å². The maximum absolute atomic E-state index is 10.9. The van der Waals surface area contributed by atoms with E-state index in [4.69, 9.17) is 14.2 Å². The Morgan fingerprint density at radius 1 is 0.939 bits per heavy atom. The highest BCUT2D eigenvalue weighted by Crippen LogP contribution is 2.23. The molecule has 1 aromatic heterocycles. The summed E-state index contributed by atoms with van der Waals surface area (Å²) in [5.74, 6) is 0.451. The van der Waals surface area contributed by atoms with Crippen LogP contribution in [0.3, 0.4) is 0 Å². The van der Waals surface area contributed by atoms with Gasteiger partial charge in [0.2, 0.25) is 0 Å². The lowest BCUT2D eigenvalue weighted by Crippen LogP contribution is -2.16. The first-order valence-corrected chi connectivity index (χ1v) is 12.3. The number of carbonyl (C=O) groups excluding carboxylic acids is 1. The summed E-state index contributed by atoms with van der Waals surface area (Å²) in [6.07, 6.45) is 14.9. The molecule has 0 atom stereocenters. The minimum Gasteiger partial charge on any atom is -0.492 e. The SMILES string of the molecule is C=CC(=O)OCCCCCCCOc1ccc(-c2ccc(COC3CCCCC3)cc2)nc1. The smallest absolute Gasteiger partial charge is 0.330 e. The summed E-state index contributed by atoms with van der Waals surface area (Å²) in [5, 5.41) is 0. The number of esters is 1. The van der Waals surface area contributed by atoms with Gasteiger partial charge in [0.25, 0.3) is 0 Å². The van der Waals surface area contributed by atoms with E-state index in [0.29, 0.717) is 25.9 Å². The van der Waals surface area contributed by atoms with E-state index in [2.05, 4.69) is 35.8 Å². The fourth-order valence-corrected chi connectivity index (χ4v) is 4.01. The standard InChI is InChI=1S/C28H37NO4/c1-2-28(30)32-20-10-5-3-4-9-19-31-26-17-18-27(29-21-26)24-15-13-23(14-16-24)22-33-25-11-7-6-8-12-25/h2,13-18,21,25H,1,3-12,19-20,22H2.